The first kappa shape index (κ1) is 10.7. The predicted molar refractivity (Wildman–Crippen MR) is 32.5 cm³/mol. The zero-order valence-corrected chi connectivity index (χ0v) is 5.80. The van der Waals surface area contributed by atoms with E-state index in [9.17, 15) is 0 Å². The summed E-state index contributed by atoms with van der Waals surface area (Å²) in [6, 6.07) is 0. The number of allylic oxidation sites excluding steroid dienone is 2. The van der Waals surface area contributed by atoms with Gasteiger partial charge >= 0.3 is 8.25 Å². The van der Waals surface area contributed by atoms with Gasteiger partial charge < -0.3 is 0 Å². The van der Waals surface area contributed by atoms with Gasteiger partial charge in [0.2, 0.25) is 0 Å². The van der Waals surface area contributed by atoms with E-state index in [2.05, 4.69) is 0 Å². The van der Waals surface area contributed by atoms with Crippen molar-refractivity contribution in [1.82, 2.24) is 0 Å². The minimum absolute atomic E-state index is 2.00. The fourth-order valence-electron chi connectivity index (χ4n) is 0. The van der Waals surface area contributed by atoms with Gasteiger partial charge in [0.15, 0.2) is 0 Å². The van der Waals surface area contributed by atoms with Crippen LogP contribution in [0.25, 0.3) is 0 Å². The molecule has 8 heavy (non-hydrogen) atoms. The Bertz CT molecular complexity index is 71.4. The smallest absolute Gasteiger partial charge is 0.134 e. The minimum atomic E-state index is -2.87. The summed E-state index contributed by atoms with van der Waals surface area (Å²) in [4.78, 5) is 14.2. The Labute approximate surface area is 49.6 Å². The van der Waals surface area contributed by atoms with Crippen molar-refractivity contribution >= 4 is 8.25 Å². The second-order valence-electron chi connectivity index (χ2n) is 0.919. The molecule has 0 aliphatic heterocycles. The van der Waals surface area contributed by atoms with Gasteiger partial charge in [-0.05, 0) is 13.8 Å². The highest BCUT2D eigenvalue weighted by Crippen LogP contribution is 1.98. The van der Waals surface area contributed by atoms with Gasteiger partial charge in [-0.1, -0.05) is 12.2 Å². The average Bonchev–Trinajstić information content (AvgIpc) is 1.65. The molecule has 0 heterocycles. The van der Waals surface area contributed by atoms with Gasteiger partial charge in [0.1, 0.15) is 0 Å². The van der Waals surface area contributed by atoms with Crippen LogP contribution in [-0.2, 0) is 4.57 Å². The standard InChI is InChI=1S/C4H8.HO3P/c1-3-4-2;1-4(2)3/h3-4H,1-2H3;(H-,1,2,3)/p+1/b4-3+;. The van der Waals surface area contributed by atoms with E-state index in [0.717, 1.165) is 0 Å². The first-order chi connectivity index (χ1) is 3.65. The molecule has 3 nitrogen and oxygen atoms in total. The molecular weight excluding hydrogens is 127 g/mol. The Kier molecular flexibility index (Phi) is 13.2. The van der Waals surface area contributed by atoms with E-state index in [-0.39, 0.29) is 0 Å². The summed E-state index contributed by atoms with van der Waals surface area (Å²) in [5.41, 5.74) is 0. The summed E-state index contributed by atoms with van der Waals surface area (Å²) >= 11 is 0. The Morgan fingerprint density at radius 2 is 1.38 bits per heavy atom. The molecule has 48 valence electrons. The van der Waals surface area contributed by atoms with Crippen molar-refractivity contribution in [1.29, 1.82) is 0 Å². The van der Waals surface area contributed by atoms with Crippen LogP contribution < -0.4 is 0 Å². The van der Waals surface area contributed by atoms with E-state index in [1.54, 1.807) is 0 Å². The molecule has 0 aliphatic carbocycles. The maximum absolute atomic E-state index is 8.70. The molecule has 0 rings (SSSR count). The minimum Gasteiger partial charge on any atom is -0.134 e. The normalized spacial score (nSPS) is 8.00. The summed E-state index contributed by atoms with van der Waals surface area (Å²) < 4.78 is 8.70. The van der Waals surface area contributed by atoms with Crippen molar-refractivity contribution in [2.45, 2.75) is 13.8 Å². The zero-order chi connectivity index (χ0) is 6.99. The lowest BCUT2D eigenvalue weighted by Gasteiger charge is -1.49. The van der Waals surface area contributed by atoms with Crippen molar-refractivity contribution in [3.05, 3.63) is 12.2 Å². The molecule has 0 saturated heterocycles. The average molecular weight is 137 g/mol. The van der Waals surface area contributed by atoms with Gasteiger partial charge in [0.25, 0.3) is 0 Å². The van der Waals surface area contributed by atoms with Gasteiger partial charge in [-0.2, -0.15) is 0 Å². The molecule has 0 aromatic rings. The Morgan fingerprint density at radius 1 is 1.25 bits per heavy atom. The summed E-state index contributed by atoms with van der Waals surface area (Å²) in [7, 11) is -2.87. The molecule has 0 spiro atoms. The second-order valence-corrected chi connectivity index (χ2v) is 1.42. The molecule has 0 aromatic heterocycles. The SMILES string of the molecule is C/C=C/C.O=[P+](O)O. The molecule has 0 aromatic carbocycles. The highest BCUT2D eigenvalue weighted by Gasteiger charge is 1.93. The Balaban J connectivity index is 0. The topological polar surface area (TPSA) is 57.5 Å². The fraction of sp³-hybridized carbons (Fsp3) is 0.500. The van der Waals surface area contributed by atoms with Crippen molar-refractivity contribution in [2.24, 2.45) is 0 Å². The van der Waals surface area contributed by atoms with Gasteiger partial charge in [0.05, 0.1) is 0 Å². The van der Waals surface area contributed by atoms with Crippen LogP contribution >= 0.6 is 8.25 Å². The van der Waals surface area contributed by atoms with Crippen LogP contribution in [0.5, 0.6) is 0 Å². The first-order valence-electron chi connectivity index (χ1n) is 2.07. The van der Waals surface area contributed by atoms with Crippen molar-refractivity contribution in [3.8, 4) is 0 Å². The van der Waals surface area contributed by atoms with Crippen molar-refractivity contribution in [2.75, 3.05) is 0 Å². The van der Waals surface area contributed by atoms with E-state index in [1.165, 1.54) is 0 Å². The predicted octanol–water partition coefficient (Wildman–Crippen LogP) is 1.21. The highest BCUT2D eigenvalue weighted by molar-refractivity contribution is 7.30. The Morgan fingerprint density at radius 3 is 1.38 bits per heavy atom. The summed E-state index contributed by atoms with van der Waals surface area (Å²) in [6.45, 7) is 4.00. The van der Waals surface area contributed by atoms with Crippen LogP contribution in [0.15, 0.2) is 12.2 Å². The number of hydrogen-bond donors (Lipinski definition) is 2. The first-order valence-corrected chi connectivity index (χ1v) is 3.24. The monoisotopic (exact) mass is 137 g/mol. The van der Waals surface area contributed by atoms with E-state index >= 15 is 0 Å². The molecule has 0 aliphatic rings. The van der Waals surface area contributed by atoms with Crippen LogP contribution in [0.2, 0.25) is 0 Å². The second kappa shape index (κ2) is 9.90. The molecule has 0 fully saturated rings. The van der Waals surface area contributed by atoms with Gasteiger partial charge in [0, 0.05) is 4.57 Å². The number of rotatable bonds is 0. The molecule has 0 saturated carbocycles. The molecule has 2 N–H and O–H groups in total. The van der Waals surface area contributed by atoms with Crippen LogP contribution in [0.3, 0.4) is 0 Å². The van der Waals surface area contributed by atoms with Gasteiger partial charge in [-0.25, -0.2) is 0 Å². The van der Waals surface area contributed by atoms with E-state index < -0.39 is 8.25 Å². The third-order valence-electron chi connectivity index (χ3n) is 0.333. The Hall–Kier alpha value is -0.240. The van der Waals surface area contributed by atoms with Crippen LogP contribution in [0.4, 0.5) is 0 Å². The summed E-state index contributed by atoms with van der Waals surface area (Å²) in [6.07, 6.45) is 4.00. The lowest BCUT2D eigenvalue weighted by Crippen LogP contribution is -1.38. The van der Waals surface area contributed by atoms with Crippen LogP contribution in [0.1, 0.15) is 13.8 Å². The third-order valence-corrected chi connectivity index (χ3v) is 0.333. The third kappa shape index (κ3) is 226. The highest BCUT2D eigenvalue weighted by atomic mass is 31.1. The summed E-state index contributed by atoms with van der Waals surface area (Å²) in [5.74, 6) is 0. The number of hydrogen-bond acceptors (Lipinski definition) is 1. The van der Waals surface area contributed by atoms with Crippen LogP contribution in [-0.4, -0.2) is 9.79 Å². The maximum atomic E-state index is 8.70. The van der Waals surface area contributed by atoms with E-state index in [4.69, 9.17) is 14.4 Å². The van der Waals surface area contributed by atoms with Crippen molar-refractivity contribution in [3.63, 3.8) is 0 Å². The lowest BCUT2D eigenvalue weighted by molar-refractivity contribution is 0.405. The molecule has 0 amide bonds. The van der Waals surface area contributed by atoms with Crippen LogP contribution in [0, 0.1) is 0 Å². The fourth-order valence-corrected chi connectivity index (χ4v) is 0. The molecule has 4 heteroatoms. The summed E-state index contributed by atoms with van der Waals surface area (Å²) in [5, 5.41) is 0. The maximum Gasteiger partial charge on any atom is 0.692 e. The lowest BCUT2D eigenvalue weighted by atomic mass is 10.6. The molecule has 0 radical (unpaired) electrons. The van der Waals surface area contributed by atoms with E-state index in [0.29, 0.717) is 0 Å². The molecule has 0 unspecified atom stereocenters. The quantitative estimate of drug-likeness (QED) is 0.389. The van der Waals surface area contributed by atoms with Crippen molar-refractivity contribution < 1.29 is 14.4 Å². The largest absolute Gasteiger partial charge is 0.692 e. The molecule has 0 atom stereocenters. The van der Waals surface area contributed by atoms with Gasteiger partial charge in [-0.15, -0.1) is 9.79 Å². The molecule has 0 bridgehead atoms. The zero-order valence-electron chi connectivity index (χ0n) is 4.90. The molecular formula is C4H10O3P+. The van der Waals surface area contributed by atoms with Gasteiger partial charge in [-0.3, -0.25) is 0 Å². The van der Waals surface area contributed by atoms with E-state index in [1.807, 2.05) is 26.0 Å².